The highest BCUT2D eigenvalue weighted by atomic mass is 32.2. The van der Waals surface area contributed by atoms with Crippen LogP contribution in [0.15, 0.2) is 35.5 Å². The van der Waals surface area contributed by atoms with E-state index in [4.69, 9.17) is 11.5 Å². The Labute approximate surface area is 138 Å². The van der Waals surface area contributed by atoms with Gasteiger partial charge in [-0.2, -0.15) is 0 Å². The molecule has 126 valence electrons. The Balaban J connectivity index is 2.49. The summed E-state index contributed by atoms with van der Waals surface area (Å²) < 4.78 is 25.4. The molecule has 0 fully saturated rings. The minimum atomic E-state index is -3.65. The van der Waals surface area contributed by atoms with E-state index in [9.17, 15) is 8.42 Å². The summed E-state index contributed by atoms with van der Waals surface area (Å²) in [5, 5.41) is 0.473. The fourth-order valence-electron chi connectivity index (χ4n) is 2.73. The Morgan fingerprint density at radius 2 is 1.96 bits per heavy atom. The SMILES string of the molecule is CCCCCCc1cncc2cccc(S(=O)(=O)C(N)CN)c12. The summed E-state index contributed by atoms with van der Waals surface area (Å²) in [5.74, 6) is 0. The van der Waals surface area contributed by atoms with Crippen LogP contribution < -0.4 is 11.5 Å². The third-order valence-corrected chi connectivity index (χ3v) is 6.00. The number of nitrogens with two attached hydrogens (primary N) is 2. The average molecular weight is 335 g/mol. The molecule has 0 aliphatic rings. The lowest BCUT2D eigenvalue weighted by Gasteiger charge is -2.15. The molecule has 1 unspecified atom stereocenters. The van der Waals surface area contributed by atoms with Crippen molar-refractivity contribution < 1.29 is 8.42 Å². The van der Waals surface area contributed by atoms with Crippen molar-refractivity contribution in [3.63, 3.8) is 0 Å². The molecule has 0 aliphatic carbocycles. The van der Waals surface area contributed by atoms with Crippen molar-refractivity contribution in [2.24, 2.45) is 11.5 Å². The fourth-order valence-corrected chi connectivity index (χ4v) is 4.11. The lowest BCUT2D eigenvalue weighted by atomic mass is 10.0. The maximum absolute atomic E-state index is 12.7. The molecule has 6 heteroatoms. The summed E-state index contributed by atoms with van der Waals surface area (Å²) in [6.45, 7) is 2.06. The number of benzene rings is 1. The number of aromatic nitrogens is 1. The van der Waals surface area contributed by atoms with Gasteiger partial charge in [-0.1, -0.05) is 38.3 Å². The molecule has 0 radical (unpaired) electrons. The van der Waals surface area contributed by atoms with Crippen LogP contribution in [0, 0.1) is 0 Å². The van der Waals surface area contributed by atoms with Crippen LogP contribution in [0.4, 0.5) is 0 Å². The molecule has 2 rings (SSSR count). The van der Waals surface area contributed by atoms with Crippen molar-refractivity contribution in [3.8, 4) is 0 Å². The van der Waals surface area contributed by atoms with Gasteiger partial charge >= 0.3 is 0 Å². The van der Waals surface area contributed by atoms with Gasteiger partial charge in [0.1, 0.15) is 5.37 Å². The lowest BCUT2D eigenvalue weighted by molar-refractivity contribution is 0.582. The molecule has 1 heterocycles. The Morgan fingerprint density at radius 3 is 2.65 bits per heavy atom. The summed E-state index contributed by atoms with van der Waals surface area (Å²) in [6, 6.07) is 5.22. The van der Waals surface area contributed by atoms with Crippen molar-refractivity contribution >= 4 is 20.6 Å². The number of hydrogen-bond donors (Lipinski definition) is 2. The average Bonchev–Trinajstić information content (AvgIpc) is 2.57. The quantitative estimate of drug-likeness (QED) is 0.722. The first-order valence-electron chi connectivity index (χ1n) is 8.07. The van der Waals surface area contributed by atoms with Gasteiger partial charge in [0, 0.05) is 29.7 Å². The summed E-state index contributed by atoms with van der Waals surface area (Å²) >= 11 is 0. The Hall–Kier alpha value is -1.50. The van der Waals surface area contributed by atoms with E-state index in [-0.39, 0.29) is 11.4 Å². The predicted molar refractivity (Wildman–Crippen MR) is 93.8 cm³/mol. The van der Waals surface area contributed by atoms with E-state index >= 15 is 0 Å². The number of fused-ring (bicyclic) bond motifs is 1. The zero-order chi connectivity index (χ0) is 16.9. The van der Waals surface area contributed by atoms with Crippen LogP contribution in [-0.4, -0.2) is 25.3 Å². The smallest absolute Gasteiger partial charge is 0.195 e. The number of hydrogen-bond acceptors (Lipinski definition) is 5. The van der Waals surface area contributed by atoms with Crippen LogP contribution in [0.2, 0.25) is 0 Å². The zero-order valence-corrected chi connectivity index (χ0v) is 14.3. The molecule has 0 amide bonds. The molecule has 4 N–H and O–H groups in total. The number of sulfone groups is 1. The van der Waals surface area contributed by atoms with Crippen molar-refractivity contribution in [3.05, 3.63) is 36.2 Å². The van der Waals surface area contributed by atoms with Crippen LogP contribution in [0.5, 0.6) is 0 Å². The molecule has 0 aliphatic heterocycles. The van der Waals surface area contributed by atoms with E-state index in [1.807, 2.05) is 6.07 Å². The van der Waals surface area contributed by atoms with E-state index in [1.165, 1.54) is 12.8 Å². The van der Waals surface area contributed by atoms with E-state index in [0.717, 1.165) is 35.6 Å². The van der Waals surface area contributed by atoms with Gasteiger partial charge in [-0.25, -0.2) is 8.42 Å². The standard InChI is InChI=1S/C17H25N3O2S/c1-2-3-4-5-7-13-11-20-12-14-8-6-9-15(17(13)14)23(21,22)16(19)10-18/h6,8-9,11-12,16H,2-5,7,10,18-19H2,1H3. The summed E-state index contributed by atoms with van der Waals surface area (Å²) in [5.41, 5.74) is 12.2. The predicted octanol–water partition coefficient (Wildman–Crippen LogP) is 2.37. The van der Waals surface area contributed by atoms with Crippen molar-refractivity contribution in [2.75, 3.05) is 6.54 Å². The second-order valence-electron chi connectivity index (χ2n) is 5.78. The van der Waals surface area contributed by atoms with Crippen LogP contribution in [0.3, 0.4) is 0 Å². The van der Waals surface area contributed by atoms with Crippen molar-refractivity contribution in [2.45, 2.75) is 49.3 Å². The molecule has 1 aromatic carbocycles. The second kappa shape index (κ2) is 7.86. The van der Waals surface area contributed by atoms with Gasteiger partial charge in [0.2, 0.25) is 0 Å². The van der Waals surface area contributed by atoms with Crippen molar-refractivity contribution in [1.29, 1.82) is 0 Å². The Kier molecular flexibility index (Phi) is 6.10. The Bertz CT molecular complexity index is 754. The normalized spacial score (nSPS) is 13.3. The van der Waals surface area contributed by atoms with Gasteiger partial charge in [-0.15, -0.1) is 0 Å². The monoisotopic (exact) mass is 335 g/mol. The molecule has 5 nitrogen and oxygen atoms in total. The molecule has 0 saturated heterocycles. The zero-order valence-electron chi connectivity index (χ0n) is 13.5. The number of nitrogens with zero attached hydrogens (tertiary/aromatic N) is 1. The van der Waals surface area contributed by atoms with Gasteiger partial charge < -0.3 is 11.5 Å². The highest BCUT2D eigenvalue weighted by Crippen LogP contribution is 2.28. The summed E-state index contributed by atoms with van der Waals surface area (Å²) in [6.07, 6.45) is 8.77. The minimum Gasteiger partial charge on any atom is -0.328 e. The summed E-state index contributed by atoms with van der Waals surface area (Å²) in [7, 11) is -3.65. The van der Waals surface area contributed by atoms with E-state index in [2.05, 4.69) is 11.9 Å². The molecular formula is C17H25N3O2S. The fraction of sp³-hybridized carbons (Fsp3) is 0.471. The minimum absolute atomic E-state index is 0.102. The van der Waals surface area contributed by atoms with Gasteiger partial charge in [0.15, 0.2) is 9.84 Å². The first-order chi connectivity index (χ1) is 11.0. The van der Waals surface area contributed by atoms with Crippen LogP contribution in [-0.2, 0) is 16.3 Å². The Morgan fingerprint density at radius 1 is 1.17 bits per heavy atom. The third-order valence-electron chi connectivity index (χ3n) is 4.06. The lowest BCUT2D eigenvalue weighted by Crippen LogP contribution is -2.37. The highest BCUT2D eigenvalue weighted by molar-refractivity contribution is 7.92. The number of aryl methyl sites for hydroxylation is 1. The number of pyridine rings is 1. The molecule has 1 aromatic heterocycles. The van der Waals surface area contributed by atoms with Gasteiger partial charge in [-0.05, 0) is 24.5 Å². The molecule has 0 saturated carbocycles. The molecule has 2 aromatic rings. The molecule has 1 atom stereocenters. The largest absolute Gasteiger partial charge is 0.328 e. The molecular weight excluding hydrogens is 310 g/mol. The van der Waals surface area contributed by atoms with E-state index < -0.39 is 15.2 Å². The molecule has 0 bridgehead atoms. The summed E-state index contributed by atoms with van der Waals surface area (Å²) in [4.78, 5) is 4.51. The maximum atomic E-state index is 12.7. The van der Waals surface area contributed by atoms with Crippen LogP contribution >= 0.6 is 0 Å². The maximum Gasteiger partial charge on any atom is 0.195 e. The first-order valence-corrected chi connectivity index (χ1v) is 9.62. The van der Waals surface area contributed by atoms with Crippen LogP contribution in [0.1, 0.15) is 38.2 Å². The van der Waals surface area contributed by atoms with Gasteiger partial charge in [-0.3, -0.25) is 4.98 Å². The molecule has 23 heavy (non-hydrogen) atoms. The van der Waals surface area contributed by atoms with Crippen molar-refractivity contribution in [1.82, 2.24) is 4.98 Å². The van der Waals surface area contributed by atoms with E-state index in [0.29, 0.717) is 0 Å². The van der Waals surface area contributed by atoms with Crippen LogP contribution in [0.25, 0.3) is 10.8 Å². The highest BCUT2D eigenvalue weighted by Gasteiger charge is 2.25. The van der Waals surface area contributed by atoms with E-state index in [1.54, 1.807) is 24.5 Å². The first kappa shape index (κ1) is 17.8. The number of rotatable bonds is 8. The third kappa shape index (κ3) is 3.88. The topological polar surface area (TPSA) is 99.1 Å². The van der Waals surface area contributed by atoms with Gasteiger partial charge in [0.05, 0.1) is 4.90 Å². The second-order valence-corrected chi connectivity index (χ2v) is 7.92. The van der Waals surface area contributed by atoms with Gasteiger partial charge in [0.25, 0.3) is 0 Å². The number of unbranched alkanes of at least 4 members (excludes halogenated alkanes) is 3. The molecule has 0 spiro atoms.